The Kier molecular flexibility index (Phi) is 6.28. The van der Waals surface area contributed by atoms with Crippen LogP contribution in [0, 0.1) is 3.57 Å². The topological polar surface area (TPSA) is 84.5 Å². The number of rotatable bonds is 6. The second kappa shape index (κ2) is 8.47. The molecule has 6 nitrogen and oxygen atoms in total. The van der Waals surface area contributed by atoms with Crippen molar-refractivity contribution >= 4 is 44.2 Å². The van der Waals surface area contributed by atoms with Gasteiger partial charge in [-0.25, -0.2) is 13.1 Å². The molecule has 1 amide bonds. The highest BCUT2D eigenvalue weighted by Crippen LogP contribution is 2.16. The van der Waals surface area contributed by atoms with E-state index in [1.165, 1.54) is 24.3 Å². The third-order valence-corrected chi connectivity index (χ3v) is 6.21. The van der Waals surface area contributed by atoms with Crippen LogP contribution in [0.25, 0.3) is 0 Å². The molecule has 2 aromatic carbocycles. The van der Waals surface area contributed by atoms with Gasteiger partial charge in [-0.1, -0.05) is 0 Å². The molecule has 26 heavy (non-hydrogen) atoms. The molecule has 1 fully saturated rings. The first-order valence-electron chi connectivity index (χ1n) is 8.22. The van der Waals surface area contributed by atoms with Crippen molar-refractivity contribution < 1.29 is 17.9 Å². The van der Waals surface area contributed by atoms with E-state index >= 15 is 0 Å². The Morgan fingerprint density at radius 3 is 2.42 bits per heavy atom. The molecule has 0 bridgehead atoms. The smallest absolute Gasteiger partial charge is 0.255 e. The lowest BCUT2D eigenvalue weighted by molar-refractivity contribution is 0.102. The number of amides is 1. The van der Waals surface area contributed by atoms with Crippen LogP contribution in [0.1, 0.15) is 23.2 Å². The van der Waals surface area contributed by atoms with Crippen LogP contribution in [-0.2, 0) is 14.8 Å². The molecule has 0 spiro atoms. The molecule has 2 aromatic rings. The second-order valence-electron chi connectivity index (χ2n) is 5.97. The highest BCUT2D eigenvalue weighted by atomic mass is 127. The maximum absolute atomic E-state index is 12.3. The van der Waals surface area contributed by atoms with Gasteiger partial charge in [-0.2, -0.15) is 0 Å². The fourth-order valence-electron chi connectivity index (χ4n) is 2.61. The Morgan fingerprint density at radius 2 is 1.81 bits per heavy atom. The summed E-state index contributed by atoms with van der Waals surface area (Å²) >= 11 is 2.19. The molecule has 0 unspecified atom stereocenters. The van der Waals surface area contributed by atoms with E-state index in [0.717, 1.165) is 16.4 Å². The summed E-state index contributed by atoms with van der Waals surface area (Å²) in [7, 11) is -3.62. The van der Waals surface area contributed by atoms with E-state index in [2.05, 4.69) is 32.6 Å². The van der Waals surface area contributed by atoms with Crippen LogP contribution in [0.15, 0.2) is 53.4 Å². The zero-order valence-corrected chi connectivity index (χ0v) is 16.9. The number of sulfonamides is 1. The molecule has 0 saturated carbocycles. The summed E-state index contributed by atoms with van der Waals surface area (Å²) in [4.78, 5) is 12.4. The monoisotopic (exact) mass is 486 g/mol. The first-order chi connectivity index (χ1) is 12.4. The van der Waals surface area contributed by atoms with Crippen molar-refractivity contribution in [3.05, 3.63) is 57.7 Å². The van der Waals surface area contributed by atoms with E-state index < -0.39 is 10.0 Å². The number of anilines is 1. The average Bonchev–Trinajstić information content (AvgIpc) is 3.16. The fraction of sp³-hybridized carbons (Fsp3) is 0.278. The molecule has 1 heterocycles. The molecule has 0 aliphatic carbocycles. The van der Waals surface area contributed by atoms with E-state index in [4.69, 9.17) is 4.74 Å². The van der Waals surface area contributed by atoms with Crippen LogP contribution in [0.5, 0.6) is 0 Å². The lowest BCUT2D eigenvalue weighted by atomic mass is 10.2. The molecule has 138 valence electrons. The molecule has 1 saturated heterocycles. The minimum absolute atomic E-state index is 0.0660. The highest BCUT2D eigenvalue weighted by molar-refractivity contribution is 14.1. The van der Waals surface area contributed by atoms with Crippen molar-refractivity contribution in [3.63, 3.8) is 0 Å². The van der Waals surface area contributed by atoms with Gasteiger partial charge >= 0.3 is 0 Å². The van der Waals surface area contributed by atoms with Crippen LogP contribution in [0.4, 0.5) is 5.69 Å². The molecule has 2 N–H and O–H groups in total. The molecule has 0 aromatic heterocycles. The summed E-state index contributed by atoms with van der Waals surface area (Å²) in [6.07, 6.45) is 1.75. The van der Waals surface area contributed by atoms with Crippen molar-refractivity contribution in [2.45, 2.75) is 23.8 Å². The Hall–Kier alpha value is -1.49. The first kappa shape index (κ1) is 19.3. The van der Waals surface area contributed by atoms with Gasteiger partial charge in [-0.15, -0.1) is 0 Å². The first-order valence-corrected chi connectivity index (χ1v) is 10.8. The number of halogens is 1. The van der Waals surface area contributed by atoms with Crippen molar-refractivity contribution in [3.8, 4) is 0 Å². The summed E-state index contributed by atoms with van der Waals surface area (Å²) < 4.78 is 33.7. The number of nitrogens with one attached hydrogen (secondary N) is 2. The van der Waals surface area contributed by atoms with Gasteiger partial charge in [0.1, 0.15) is 0 Å². The predicted octanol–water partition coefficient (Wildman–Crippen LogP) is 3.00. The van der Waals surface area contributed by atoms with Crippen molar-refractivity contribution in [2.24, 2.45) is 0 Å². The number of carbonyl (C=O) groups is 1. The number of ether oxygens (including phenoxy) is 1. The third kappa shape index (κ3) is 5.03. The van der Waals surface area contributed by atoms with Crippen LogP contribution >= 0.6 is 22.6 Å². The quantitative estimate of drug-likeness (QED) is 0.616. The standard InChI is InChI=1S/C18H19IN2O4S/c19-14-5-7-15(8-6-14)21-18(22)13-3-9-17(10-4-13)26(23,24)20-12-16-2-1-11-25-16/h3-10,16,20H,1-2,11-12H2,(H,21,22)/t16-/m1/s1. The molecule has 1 aliphatic rings. The Labute approximate surface area is 166 Å². The summed E-state index contributed by atoms with van der Waals surface area (Å²) in [5.41, 5.74) is 1.08. The predicted molar refractivity (Wildman–Crippen MR) is 108 cm³/mol. The molecule has 8 heteroatoms. The Balaban J connectivity index is 1.63. The van der Waals surface area contributed by atoms with Crippen LogP contribution in [-0.4, -0.2) is 33.6 Å². The zero-order chi connectivity index (χ0) is 18.6. The summed E-state index contributed by atoms with van der Waals surface area (Å²) in [6.45, 7) is 0.939. The van der Waals surface area contributed by atoms with E-state index in [-0.39, 0.29) is 23.5 Å². The van der Waals surface area contributed by atoms with Gasteiger partial charge in [-0.3, -0.25) is 4.79 Å². The molecule has 3 rings (SSSR count). The SMILES string of the molecule is O=C(Nc1ccc(I)cc1)c1ccc(S(=O)(=O)NC[C@H]2CCCO2)cc1. The van der Waals surface area contributed by atoms with Crippen molar-refractivity contribution in [1.29, 1.82) is 0 Å². The lowest BCUT2D eigenvalue weighted by Crippen LogP contribution is -2.31. The summed E-state index contributed by atoms with van der Waals surface area (Å²) in [6, 6.07) is 13.3. The summed E-state index contributed by atoms with van der Waals surface area (Å²) in [5.74, 6) is -0.289. The Morgan fingerprint density at radius 1 is 1.12 bits per heavy atom. The van der Waals surface area contributed by atoms with Gasteiger partial charge in [0, 0.05) is 28.0 Å². The van der Waals surface area contributed by atoms with E-state index in [9.17, 15) is 13.2 Å². The average molecular weight is 486 g/mol. The van der Waals surface area contributed by atoms with Gasteiger partial charge < -0.3 is 10.1 Å². The molecule has 0 radical (unpaired) electrons. The zero-order valence-electron chi connectivity index (χ0n) is 13.9. The number of hydrogen-bond acceptors (Lipinski definition) is 4. The normalized spacial score (nSPS) is 17.2. The molecule has 1 atom stereocenters. The maximum Gasteiger partial charge on any atom is 0.255 e. The third-order valence-electron chi connectivity index (χ3n) is 4.05. The molecule has 1 aliphatic heterocycles. The van der Waals surface area contributed by atoms with Crippen LogP contribution in [0.3, 0.4) is 0 Å². The van der Waals surface area contributed by atoms with Gasteiger partial charge in [-0.05, 0) is 84.0 Å². The molecular formula is C18H19IN2O4S. The van der Waals surface area contributed by atoms with E-state index in [0.29, 0.717) is 17.9 Å². The van der Waals surface area contributed by atoms with Gasteiger partial charge in [0.05, 0.1) is 11.0 Å². The highest BCUT2D eigenvalue weighted by Gasteiger charge is 2.20. The largest absolute Gasteiger partial charge is 0.377 e. The number of benzene rings is 2. The van der Waals surface area contributed by atoms with E-state index in [1.807, 2.05) is 24.3 Å². The fourth-order valence-corrected chi connectivity index (χ4v) is 4.04. The van der Waals surface area contributed by atoms with E-state index in [1.54, 1.807) is 0 Å². The lowest BCUT2D eigenvalue weighted by Gasteiger charge is -2.12. The van der Waals surface area contributed by atoms with Crippen molar-refractivity contribution in [2.75, 3.05) is 18.5 Å². The van der Waals surface area contributed by atoms with Crippen molar-refractivity contribution in [1.82, 2.24) is 4.72 Å². The van der Waals surface area contributed by atoms with Crippen LogP contribution < -0.4 is 10.0 Å². The maximum atomic E-state index is 12.3. The van der Waals surface area contributed by atoms with Crippen LogP contribution in [0.2, 0.25) is 0 Å². The summed E-state index contributed by atoms with van der Waals surface area (Å²) in [5, 5.41) is 2.78. The number of carbonyl (C=O) groups excluding carboxylic acids is 1. The number of hydrogen-bond donors (Lipinski definition) is 2. The van der Waals surface area contributed by atoms with Gasteiger partial charge in [0.15, 0.2) is 0 Å². The van der Waals surface area contributed by atoms with Gasteiger partial charge in [0.2, 0.25) is 10.0 Å². The molecular weight excluding hydrogens is 467 g/mol. The minimum Gasteiger partial charge on any atom is -0.377 e. The Bertz CT molecular complexity index is 861. The second-order valence-corrected chi connectivity index (χ2v) is 8.98. The van der Waals surface area contributed by atoms with Gasteiger partial charge in [0.25, 0.3) is 5.91 Å². The minimum atomic E-state index is -3.62.